The molecule has 80 valence electrons. The van der Waals surface area contributed by atoms with Gasteiger partial charge in [0.1, 0.15) is 11.4 Å². The van der Waals surface area contributed by atoms with Gasteiger partial charge in [0.2, 0.25) is 0 Å². The van der Waals surface area contributed by atoms with Gasteiger partial charge in [-0.05, 0) is 6.07 Å². The second kappa shape index (κ2) is 3.54. The van der Waals surface area contributed by atoms with Gasteiger partial charge in [0.15, 0.2) is 0 Å². The third-order valence-corrected chi connectivity index (χ3v) is 2.04. The lowest BCUT2D eigenvalue weighted by Gasteiger charge is -2.24. The number of fused-ring (bicyclic) bond motifs is 1. The molecule has 0 atom stereocenters. The van der Waals surface area contributed by atoms with Gasteiger partial charge >= 0.3 is 0 Å². The highest BCUT2D eigenvalue weighted by molar-refractivity contribution is 5.83. The molecule has 0 amide bonds. The van der Waals surface area contributed by atoms with Crippen LogP contribution in [0.15, 0.2) is 18.2 Å². The molecule has 0 spiro atoms. The van der Waals surface area contributed by atoms with E-state index in [9.17, 15) is 19.2 Å². The monoisotopic (exact) mass is 214 g/mol. The van der Waals surface area contributed by atoms with Crippen LogP contribution in [0.25, 0.3) is 10.9 Å². The molecule has 1 heterocycles. The predicted octanol–water partition coefficient (Wildman–Crippen LogP) is 1.01. The van der Waals surface area contributed by atoms with Crippen LogP contribution < -0.4 is 5.23 Å². The van der Waals surface area contributed by atoms with Crippen LogP contribution in [0, 0.1) is 10.4 Å². The van der Waals surface area contributed by atoms with Gasteiger partial charge in [-0.25, -0.2) is 8.78 Å². The number of hydrogen-bond donors (Lipinski definition) is 2. The molecule has 2 rings (SSSR count). The number of quaternary nitrogens is 1. The number of aromatic nitrogens is 2. The summed E-state index contributed by atoms with van der Waals surface area (Å²) in [6.07, 6.45) is -2.72. The van der Waals surface area contributed by atoms with E-state index < -0.39 is 11.7 Å². The molecule has 1 aromatic heterocycles. The number of nitrogens with zero attached hydrogens (tertiary/aromatic N) is 1. The Hall–Kier alpha value is -1.57. The van der Waals surface area contributed by atoms with Gasteiger partial charge in [0.25, 0.3) is 6.43 Å². The largest absolute Gasteiger partial charge is 0.628 e. The Morgan fingerprint density at radius 1 is 1.33 bits per heavy atom. The molecule has 7 heteroatoms. The molecule has 0 radical (unpaired) electrons. The molecule has 2 aromatic rings. The lowest BCUT2D eigenvalue weighted by molar-refractivity contribution is -0.715. The number of H-pyrrole nitrogens is 1. The zero-order chi connectivity index (χ0) is 11.0. The van der Waals surface area contributed by atoms with Gasteiger partial charge in [-0.1, -0.05) is 0 Å². The molecule has 15 heavy (non-hydrogen) atoms. The minimum atomic E-state index is -2.72. The van der Waals surface area contributed by atoms with Gasteiger partial charge in [0, 0.05) is 17.5 Å². The smallest absolute Gasteiger partial charge is 0.280 e. The first-order valence-electron chi connectivity index (χ1n) is 4.07. The highest BCUT2D eigenvalue weighted by atomic mass is 19.3. The van der Waals surface area contributed by atoms with Gasteiger partial charge in [-0.15, -0.1) is 0 Å². The first-order chi connectivity index (χ1) is 7.09. The fourth-order valence-corrected chi connectivity index (χ4v) is 1.32. The first kappa shape index (κ1) is 9.97. The number of rotatable bonds is 2. The van der Waals surface area contributed by atoms with E-state index in [4.69, 9.17) is 0 Å². The molecular weight excluding hydrogens is 208 g/mol. The summed E-state index contributed by atoms with van der Waals surface area (Å²) in [4.78, 5) is 0. The predicted molar refractivity (Wildman–Crippen MR) is 48.4 cm³/mol. The van der Waals surface area contributed by atoms with Gasteiger partial charge in [-0.3, -0.25) is 5.10 Å². The summed E-state index contributed by atoms with van der Waals surface area (Å²) in [5.74, 6) is 0. The maximum absolute atomic E-state index is 12.4. The number of benzene rings is 1. The maximum atomic E-state index is 12.4. The Bertz CT molecular complexity index is 484. The van der Waals surface area contributed by atoms with Crippen molar-refractivity contribution >= 4 is 16.6 Å². The molecule has 2 N–H and O–H groups in total. The third-order valence-electron chi connectivity index (χ3n) is 2.04. The van der Waals surface area contributed by atoms with Crippen LogP contribution in [-0.4, -0.2) is 10.2 Å². The van der Waals surface area contributed by atoms with Crippen molar-refractivity contribution in [1.29, 1.82) is 0 Å². The van der Waals surface area contributed by atoms with Crippen molar-refractivity contribution in [3.8, 4) is 0 Å². The van der Waals surface area contributed by atoms with Crippen molar-refractivity contribution in [3.05, 3.63) is 34.3 Å². The Labute approximate surface area is 82.5 Å². The van der Waals surface area contributed by atoms with Crippen molar-refractivity contribution in [3.63, 3.8) is 0 Å². The van der Waals surface area contributed by atoms with E-state index in [2.05, 4.69) is 10.2 Å². The summed E-state index contributed by atoms with van der Waals surface area (Å²) >= 11 is 0. The SMILES string of the molecule is [O-][NH+]([O-])c1ccc2n[nH]c(C(F)F)c2c1. The van der Waals surface area contributed by atoms with Crippen molar-refractivity contribution in [1.82, 2.24) is 10.2 Å². The maximum Gasteiger partial charge on any atom is 0.280 e. The summed E-state index contributed by atoms with van der Waals surface area (Å²) in [6, 6.07) is 3.73. The Morgan fingerprint density at radius 2 is 2.07 bits per heavy atom. The van der Waals surface area contributed by atoms with E-state index in [0.717, 1.165) is 6.07 Å². The summed E-state index contributed by atoms with van der Waals surface area (Å²) in [7, 11) is 0. The topological polar surface area (TPSA) is 79.2 Å². The highest BCUT2D eigenvalue weighted by Gasteiger charge is 2.15. The van der Waals surface area contributed by atoms with E-state index in [0.29, 0.717) is 5.52 Å². The molecule has 0 fully saturated rings. The van der Waals surface area contributed by atoms with E-state index in [1.807, 2.05) is 0 Å². The molecule has 0 unspecified atom stereocenters. The molecule has 1 aromatic carbocycles. The van der Waals surface area contributed by atoms with Gasteiger partial charge in [-0.2, -0.15) is 5.10 Å². The van der Waals surface area contributed by atoms with Crippen LogP contribution in [0.2, 0.25) is 0 Å². The third kappa shape index (κ3) is 1.67. The lowest BCUT2D eigenvalue weighted by atomic mass is 10.2. The number of alkyl halides is 2. The quantitative estimate of drug-likeness (QED) is 0.732. The number of aromatic amines is 1. The molecule has 5 nitrogen and oxygen atoms in total. The van der Waals surface area contributed by atoms with Crippen molar-refractivity contribution in [2.45, 2.75) is 6.43 Å². The fraction of sp³-hybridized carbons (Fsp3) is 0.125. The van der Waals surface area contributed by atoms with Crippen LogP contribution in [0.3, 0.4) is 0 Å². The van der Waals surface area contributed by atoms with Crippen molar-refractivity contribution in [2.24, 2.45) is 0 Å². The van der Waals surface area contributed by atoms with E-state index in [1.165, 1.54) is 12.1 Å². The van der Waals surface area contributed by atoms with E-state index in [-0.39, 0.29) is 16.8 Å². The van der Waals surface area contributed by atoms with Crippen LogP contribution in [0.1, 0.15) is 12.1 Å². The molecule has 0 aliphatic carbocycles. The molecule has 0 saturated carbocycles. The normalized spacial score (nSPS) is 11.9. The average molecular weight is 214 g/mol. The zero-order valence-electron chi connectivity index (χ0n) is 7.33. The fourth-order valence-electron chi connectivity index (χ4n) is 1.32. The van der Waals surface area contributed by atoms with Crippen LogP contribution in [0.5, 0.6) is 0 Å². The Morgan fingerprint density at radius 3 is 2.67 bits per heavy atom. The second-order valence-electron chi connectivity index (χ2n) is 2.96. The number of halogens is 2. The van der Waals surface area contributed by atoms with Crippen LogP contribution >= 0.6 is 0 Å². The zero-order valence-corrected chi connectivity index (χ0v) is 7.33. The Balaban J connectivity index is 2.61. The number of hydrogen-bond acceptors (Lipinski definition) is 3. The summed E-state index contributed by atoms with van der Waals surface area (Å²) in [6.45, 7) is 0. The Kier molecular flexibility index (Phi) is 2.35. The lowest BCUT2D eigenvalue weighted by Crippen LogP contribution is -2.96. The van der Waals surface area contributed by atoms with E-state index in [1.54, 1.807) is 0 Å². The molecule has 0 aliphatic heterocycles. The van der Waals surface area contributed by atoms with Crippen molar-refractivity contribution in [2.75, 3.05) is 0 Å². The average Bonchev–Trinajstić information content (AvgIpc) is 2.59. The van der Waals surface area contributed by atoms with Crippen LogP contribution in [-0.2, 0) is 0 Å². The van der Waals surface area contributed by atoms with Crippen LogP contribution in [0.4, 0.5) is 14.5 Å². The first-order valence-corrected chi connectivity index (χ1v) is 4.07. The highest BCUT2D eigenvalue weighted by Crippen LogP contribution is 2.26. The molecule has 0 bridgehead atoms. The second-order valence-corrected chi connectivity index (χ2v) is 2.96. The summed E-state index contributed by atoms with van der Waals surface area (Å²) < 4.78 is 24.9. The van der Waals surface area contributed by atoms with Gasteiger partial charge < -0.3 is 15.6 Å². The van der Waals surface area contributed by atoms with Gasteiger partial charge in [0.05, 0.1) is 5.52 Å². The summed E-state index contributed by atoms with van der Waals surface area (Å²) in [5, 5.41) is 25.5. The molecule has 0 aliphatic rings. The standard InChI is InChI=1S/C8H6F2N3O2/c9-8(10)7-5-3-4(13(14)15)1-2-6(5)11-12-7/h1-3,8,13H,(H,11,12)/q-1. The minimum Gasteiger partial charge on any atom is -0.628 e. The molecular formula is C8H6F2N3O2-. The minimum absolute atomic E-state index is 0.103. The molecule has 0 saturated heterocycles. The van der Waals surface area contributed by atoms with Crippen molar-refractivity contribution < 1.29 is 14.0 Å². The number of nitrogens with one attached hydrogen (secondary N) is 2. The van der Waals surface area contributed by atoms with E-state index >= 15 is 0 Å². The summed E-state index contributed by atoms with van der Waals surface area (Å²) in [5.41, 5.74) is -0.228.